The number of cyclic esters (lactones) is 1. The first-order valence-corrected chi connectivity index (χ1v) is 23.9. The molecule has 5 amide bonds. The molecule has 5 atom stereocenters. The summed E-state index contributed by atoms with van der Waals surface area (Å²) in [6.07, 6.45) is 5.03. The molecule has 0 spiro atoms. The number of fused-ring (bicyclic) bond motifs is 6. The van der Waals surface area contributed by atoms with Crippen LogP contribution in [0.15, 0.2) is 54.6 Å². The molecule has 1 aromatic carbocycles. The fourth-order valence-corrected chi connectivity index (χ4v) is 10.5. The van der Waals surface area contributed by atoms with Gasteiger partial charge in [-0.25, -0.2) is 15.2 Å². The number of rotatable bonds is 10. The maximum atomic E-state index is 14.6. The number of pyridine rings is 1. The van der Waals surface area contributed by atoms with Gasteiger partial charge in [-0.2, -0.15) is 0 Å². The third kappa shape index (κ3) is 9.88. The van der Waals surface area contributed by atoms with Crippen molar-refractivity contribution in [2.75, 3.05) is 47.4 Å². The van der Waals surface area contributed by atoms with E-state index in [-0.39, 0.29) is 43.0 Å². The van der Waals surface area contributed by atoms with Crippen molar-refractivity contribution in [3.8, 4) is 22.5 Å². The summed E-state index contributed by atoms with van der Waals surface area (Å²) < 4.78 is 14.2. The number of benzene rings is 1. The number of nitrogens with zero attached hydrogens (tertiary/aromatic N) is 7. The number of likely N-dealkylation sites (tertiary alicyclic amines) is 1. The van der Waals surface area contributed by atoms with Crippen molar-refractivity contribution in [2.45, 2.75) is 110 Å². The van der Waals surface area contributed by atoms with E-state index in [4.69, 9.17) is 19.4 Å². The zero-order valence-corrected chi connectivity index (χ0v) is 40.6. The summed E-state index contributed by atoms with van der Waals surface area (Å²) in [5.41, 5.74) is 9.24. The van der Waals surface area contributed by atoms with Gasteiger partial charge in [0.1, 0.15) is 18.1 Å². The Morgan fingerprint density at radius 1 is 1.14 bits per heavy atom. The van der Waals surface area contributed by atoms with E-state index in [0.29, 0.717) is 56.9 Å². The molecule has 16 nitrogen and oxygen atoms in total. The zero-order valence-electron chi connectivity index (χ0n) is 39.8. The number of amides is 5. The largest absolute Gasteiger partial charge is 0.464 e. The fraction of sp³-hybridized carbons (Fsp3) is 0.531. The standard InChI is InChI=1S/C49H65N9O7S/c1-11-41(59)56-22-19-32(26-56)54(8)48(63)55(9)43(29(3)4)45(60)52-37-24-40-51-38(27-66-40)31-17-18-39-34(23-31)35(44(57(39)12-2)33-15-13-20-50-42(33)30(5)64-10)25-49(6,7)28-65-47(62)36-16-14-21-58(53-36)46(37)61/h11,13,15,17-18,20,23,27,29-30,32,36-37,43,53H,1,12,14,16,19,21-22,24-26,28H2,2-10H3,(H,52,60)/t30-,32+,36-,37-,43-/m0/s1. The Morgan fingerprint density at radius 2 is 1.91 bits per heavy atom. The van der Waals surface area contributed by atoms with E-state index in [0.717, 1.165) is 44.7 Å². The van der Waals surface area contributed by atoms with Crippen LogP contribution >= 0.6 is 11.3 Å². The van der Waals surface area contributed by atoms with E-state index in [1.165, 1.54) is 27.3 Å². The SMILES string of the molecule is C=CC(=O)N1CC[C@@H](N(C)C(=O)N(C)[C@H](C(=O)N[C@H]2Cc3nc(cs3)-c3ccc4c(c3)c(c(-c3cccnc3[C@H](C)OC)n4CC)CC(C)(C)COC(=O)[C@@H]3CCCN(N3)C2=O)C(C)C)C1. The van der Waals surface area contributed by atoms with Crippen molar-refractivity contribution >= 4 is 52.0 Å². The Morgan fingerprint density at radius 3 is 2.62 bits per heavy atom. The average molecular weight is 924 g/mol. The van der Waals surface area contributed by atoms with Crippen LogP contribution in [-0.2, 0) is 48.0 Å². The fourth-order valence-electron chi connectivity index (χ4n) is 9.66. The van der Waals surface area contributed by atoms with E-state index >= 15 is 0 Å². The maximum absolute atomic E-state index is 14.6. The highest BCUT2D eigenvalue weighted by molar-refractivity contribution is 7.10. The van der Waals surface area contributed by atoms with Crippen molar-refractivity contribution in [1.82, 2.24) is 45.0 Å². The Hall–Kier alpha value is -5.65. The summed E-state index contributed by atoms with van der Waals surface area (Å²) in [4.78, 5) is 83.8. The number of carbonyl (C=O) groups excluding carboxylic acids is 5. The van der Waals surface area contributed by atoms with E-state index in [1.54, 1.807) is 37.2 Å². The normalized spacial score (nSPS) is 21.0. The van der Waals surface area contributed by atoms with Gasteiger partial charge in [0.2, 0.25) is 11.8 Å². The summed E-state index contributed by atoms with van der Waals surface area (Å²) in [7, 11) is 4.95. The first-order chi connectivity index (χ1) is 31.5. The molecule has 7 rings (SSSR count). The number of carbonyl (C=O) groups is 5. The number of hydrazine groups is 1. The van der Waals surface area contributed by atoms with Crippen molar-refractivity contribution < 1.29 is 33.4 Å². The van der Waals surface area contributed by atoms with Gasteiger partial charge < -0.3 is 34.1 Å². The molecule has 6 heterocycles. The van der Waals surface area contributed by atoms with Crippen LogP contribution in [0.25, 0.3) is 33.4 Å². The topological polar surface area (TPSA) is 172 Å². The number of nitrogens with one attached hydrogen (secondary N) is 2. The molecule has 2 N–H and O–H groups in total. The summed E-state index contributed by atoms with van der Waals surface area (Å²) in [5.74, 6) is -1.91. The van der Waals surface area contributed by atoms with Crippen molar-refractivity contribution in [3.63, 3.8) is 0 Å². The second kappa shape index (κ2) is 20.1. The van der Waals surface area contributed by atoms with Crippen LogP contribution in [0.1, 0.15) is 83.2 Å². The number of urea groups is 1. The van der Waals surface area contributed by atoms with Gasteiger partial charge in [0.15, 0.2) is 0 Å². The Kier molecular flexibility index (Phi) is 14.7. The Balaban J connectivity index is 1.25. The molecule has 17 heteroatoms. The van der Waals surface area contributed by atoms with E-state index < -0.39 is 41.3 Å². The molecule has 3 aliphatic rings. The zero-order chi connectivity index (χ0) is 47.6. The first kappa shape index (κ1) is 48.3. The van der Waals surface area contributed by atoms with Gasteiger partial charge in [-0.15, -0.1) is 11.3 Å². The quantitative estimate of drug-likeness (QED) is 0.142. The number of likely N-dealkylation sites (N-methyl/N-ethyl adjacent to an activating group) is 2. The number of hydrogen-bond acceptors (Lipinski definition) is 11. The van der Waals surface area contributed by atoms with E-state index in [1.807, 2.05) is 32.2 Å². The van der Waals surface area contributed by atoms with E-state index in [9.17, 15) is 24.0 Å². The summed E-state index contributed by atoms with van der Waals surface area (Å²) >= 11 is 1.40. The van der Waals surface area contributed by atoms with Gasteiger partial charge in [-0.1, -0.05) is 40.3 Å². The first-order valence-electron chi connectivity index (χ1n) is 23.0. The van der Waals surface area contributed by atoms with Gasteiger partial charge in [-0.3, -0.25) is 29.2 Å². The minimum Gasteiger partial charge on any atom is -0.464 e. The van der Waals surface area contributed by atoms with Crippen LogP contribution in [0.3, 0.4) is 0 Å². The minimum atomic E-state index is -1.09. The summed E-state index contributed by atoms with van der Waals surface area (Å²) in [6.45, 7) is 17.6. The molecule has 0 aliphatic carbocycles. The number of hydrogen-bond donors (Lipinski definition) is 2. The Labute approximate surface area is 391 Å². The number of thiazole rings is 1. The molecule has 354 valence electrons. The predicted molar refractivity (Wildman–Crippen MR) is 254 cm³/mol. The lowest BCUT2D eigenvalue weighted by atomic mass is 9.84. The van der Waals surface area contributed by atoms with Gasteiger partial charge in [-0.05, 0) is 81.4 Å². The summed E-state index contributed by atoms with van der Waals surface area (Å²) in [6, 6.07) is 6.96. The summed E-state index contributed by atoms with van der Waals surface area (Å²) in [5, 5.41) is 8.09. The number of aryl methyl sites for hydroxylation is 1. The third-order valence-electron chi connectivity index (χ3n) is 13.3. The number of methoxy groups -OCH3 is 1. The van der Waals surface area contributed by atoms with Crippen molar-refractivity contribution in [3.05, 3.63) is 70.8 Å². The monoisotopic (exact) mass is 923 g/mol. The highest BCUT2D eigenvalue weighted by Gasteiger charge is 2.40. The van der Waals surface area contributed by atoms with Crippen LogP contribution in [0.5, 0.6) is 0 Å². The second-order valence-electron chi connectivity index (χ2n) is 18.9. The molecule has 0 saturated carbocycles. The van der Waals surface area contributed by atoms with Crippen LogP contribution in [0, 0.1) is 11.3 Å². The molecule has 3 aliphatic heterocycles. The highest BCUT2D eigenvalue weighted by Crippen LogP contribution is 2.42. The van der Waals surface area contributed by atoms with Gasteiger partial charge in [0, 0.05) is 92.8 Å². The molecular weight excluding hydrogens is 859 g/mol. The van der Waals surface area contributed by atoms with Crippen molar-refractivity contribution in [2.24, 2.45) is 11.3 Å². The smallest absolute Gasteiger partial charge is 0.324 e. The Bertz CT molecular complexity index is 2480. The minimum absolute atomic E-state index is 0.0691. The molecule has 2 fully saturated rings. The van der Waals surface area contributed by atoms with Gasteiger partial charge in [0.25, 0.3) is 5.91 Å². The van der Waals surface area contributed by atoms with Gasteiger partial charge >= 0.3 is 12.0 Å². The maximum Gasteiger partial charge on any atom is 0.324 e. The van der Waals surface area contributed by atoms with Gasteiger partial charge in [0.05, 0.1) is 40.8 Å². The van der Waals surface area contributed by atoms with Crippen LogP contribution in [0.4, 0.5) is 4.79 Å². The molecule has 2 saturated heterocycles. The lowest BCUT2D eigenvalue weighted by molar-refractivity contribution is -0.155. The number of ether oxygens (including phenoxy) is 2. The molecule has 6 bridgehead atoms. The molecule has 0 unspecified atom stereocenters. The lowest BCUT2D eigenvalue weighted by Crippen LogP contribution is -2.62. The molecular formula is C49H65N9O7S. The number of aromatic nitrogens is 3. The lowest BCUT2D eigenvalue weighted by Gasteiger charge is -2.37. The number of esters is 1. The van der Waals surface area contributed by atoms with Crippen LogP contribution < -0.4 is 10.7 Å². The third-order valence-corrected chi connectivity index (χ3v) is 14.1. The highest BCUT2D eigenvalue weighted by atomic mass is 32.1. The molecule has 0 radical (unpaired) electrons. The average Bonchev–Trinajstić information content (AvgIpc) is 4.07. The molecule has 3 aromatic heterocycles. The van der Waals surface area contributed by atoms with Crippen LogP contribution in [0.2, 0.25) is 0 Å². The second-order valence-corrected chi connectivity index (χ2v) is 19.8. The molecule has 66 heavy (non-hydrogen) atoms. The van der Waals surface area contributed by atoms with Crippen LogP contribution in [-0.4, -0.2) is 136 Å². The van der Waals surface area contributed by atoms with E-state index in [2.05, 4.69) is 66.9 Å². The molecule has 4 aromatic rings. The van der Waals surface area contributed by atoms with Crippen molar-refractivity contribution in [1.29, 1.82) is 0 Å². The predicted octanol–water partition coefficient (Wildman–Crippen LogP) is 6.00.